The van der Waals surface area contributed by atoms with Crippen molar-refractivity contribution < 1.29 is 9.59 Å². The molecule has 2 aliphatic rings. The minimum absolute atomic E-state index is 0.0517. The van der Waals surface area contributed by atoms with Crippen molar-refractivity contribution in [2.24, 2.45) is 5.92 Å². The number of imidazole rings is 1. The number of carbonyl (C=O) groups excluding carboxylic acids is 2. The first-order valence-corrected chi connectivity index (χ1v) is 10.7. The van der Waals surface area contributed by atoms with Crippen LogP contribution in [0.4, 0.5) is 5.82 Å². The van der Waals surface area contributed by atoms with E-state index in [1.54, 1.807) is 6.20 Å². The Labute approximate surface area is 175 Å². The average Bonchev–Trinajstić information content (AvgIpc) is 3.13. The van der Waals surface area contributed by atoms with Crippen LogP contribution in [0.2, 0.25) is 5.02 Å². The van der Waals surface area contributed by atoms with Gasteiger partial charge in [0.2, 0.25) is 11.8 Å². The summed E-state index contributed by atoms with van der Waals surface area (Å²) < 4.78 is 2.20. The second-order valence-electron chi connectivity index (χ2n) is 7.97. The van der Waals surface area contributed by atoms with Gasteiger partial charge in [-0.15, -0.1) is 0 Å². The van der Waals surface area contributed by atoms with Crippen molar-refractivity contribution in [3.8, 4) is 11.3 Å². The van der Waals surface area contributed by atoms with Crippen LogP contribution in [0.1, 0.15) is 51.3 Å². The molecule has 1 aliphatic heterocycles. The highest BCUT2D eigenvalue weighted by atomic mass is 35.5. The Bertz CT molecular complexity index is 926. The fourth-order valence-corrected chi connectivity index (χ4v) is 4.61. The van der Waals surface area contributed by atoms with Crippen molar-refractivity contribution in [3.63, 3.8) is 0 Å². The van der Waals surface area contributed by atoms with Crippen LogP contribution in [0, 0.1) is 5.92 Å². The Morgan fingerprint density at radius 3 is 2.86 bits per heavy atom. The van der Waals surface area contributed by atoms with Gasteiger partial charge in [0, 0.05) is 43.6 Å². The van der Waals surface area contributed by atoms with Crippen molar-refractivity contribution >= 4 is 29.2 Å². The standard InChI is InChI=1S/C21H26ClN5O2/c1-13(28)25-15-6-4-5-14(9-15)21(29)26-19-10-16(17(22)11-23-19)18-12-24-20-7-2-3-8-27(18)20/h10-12,14-15H,2-9H2,1H3,(H,25,28)(H,23,26,29). The molecular formula is C21H26ClN5O2. The molecule has 1 fully saturated rings. The highest BCUT2D eigenvalue weighted by Crippen LogP contribution is 2.32. The van der Waals surface area contributed by atoms with Crippen LogP contribution < -0.4 is 10.6 Å². The molecule has 3 heterocycles. The number of hydrogen-bond acceptors (Lipinski definition) is 4. The van der Waals surface area contributed by atoms with E-state index in [-0.39, 0.29) is 23.8 Å². The molecule has 0 aromatic carbocycles. The molecule has 2 aromatic rings. The van der Waals surface area contributed by atoms with E-state index in [2.05, 4.69) is 25.2 Å². The van der Waals surface area contributed by atoms with Gasteiger partial charge in [0.25, 0.3) is 0 Å². The van der Waals surface area contributed by atoms with Crippen LogP contribution >= 0.6 is 11.6 Å². The van der Waals surface area contributed by atoms with E-state index in [4.69, 9.17) is 11.6 Å². The van der Waals surface area contributed by atoms with Gasteiger partial charge < -0.3 is 15.2 Å². The first-order chi connectivity index (χ1) is 14.0. The summed E-state index contributed by atoms with van der Waals surface area (Å²) in [5.74, 6) is 1.32. The number of aromatic nitrogens is 3. The smallest absolute Gasteiger partial charge is 0.228 e. The summed E-state index contributed by atoms with van der Waals surface area (Å²) in [5, 5.41) is 6.42. The van der Waals surface area contributed by atoms with Crippen LogP contribution in [-0.4, -0.2) is 32.4 Å². The van der Waals surface area contributed by atoms with Crippen molar-refractivity contribution in [1.82, 2.24) is 19.9 Å². The first kappa shape index (κ1) is 19.9. The lowest BCUT2D eigenvalue weighted by Crippen LogP contribution is -2.40. The summed E-state index contributed by atoms with van der Waals surface area (Å²) in [5.41, 5.74) is 1.79. The minimum atomic E-state index is -0.135. The zero-order valence-corrected chi connectivity index (χ0v) is 17.3. The van der Waals surface area contributed by atoms with Gasteiger partial charge >= 0.3 is 0 Å². The summed E-state index contributed by atoms with van der Waals surface area (Å²) >= 11 is 6.43. The normalized spacial score (nSPS) is 21.3. The number of nitrogens with one attached hydrogen (secondary N) is 2. The van der Waals surface area contributed by atoms with E-state index < -0.39 is 0 Å². The molecule has 8 heteroatoms. The van der Waals surface area contributed by atoms with E-state index in [9.17, 15) is 9.59 Å². The highest BCUT2D eigenvalue weighted by molar-refractivity contribution is 6.33. The zero-order chi connectivity index (χ0) is 20.4. The zero-order valence-electron chi connectivity index (χ0n) is 16.6. The number of fused-ring (bicyclic) bond motifs is 1. The molecule has 4 rings (SSSR count). The number of hydrogen-bond donors (Lipinski definition) is 2. The number of rotatable bonds is 4. The number of nitrogens with zero attached hydrogens (tertiary/aromatic N) is 3. The Balaban J connectivity index is 1.50. The van der Waals surface area contributed by atoms with Crippen LogP contribution in [0.5, 0.6) is 0 Å². The predicted molar refractivity (Wildman–Crippen MR) is 112 cm³/mol. The molecule has 2 aromatic heterocycles. The molecule has 0 bridgehead atoms. The molecule has 1 saturated carbocycles. The van der Waals surface area contributed by atoms with Gasteiger partial charge in [0.1, 0.15) is 11.6 Å². The minimum Gasteiger partial charge on any atom is -0.354 e. The number of amides is 2. The molecule has 0 spiro atoms. The molecule has 29 heavy (non-hydrogen) atoms. The molecule has 0 radical (unpaired) electrons. The van der Waals surface area contributed by atoms with Crippen LogP contribution in [0.3, 0.4) is 0 Å². The number of pyridine rings is 1. The number of anilines is 1. The maximum Gasteiger partial charge on any atom is 0.228 e. The Kier molecular flexibility index (Phi) is 5.85. The SMILES string of the molecule is CC(=O)NC1CCCC(C(=O)Nc2cc(-c3cnc4n3CCCC4)c(Cl)cn2)C1. The maximum absolute atomic E-state index is 12.8. The molecule has 2 amide bonds. The largest absolute Gasteiger partial charge is 0.354 e. The monoisotopic (exact) mass is 415 g/mol. The van der Waals surface area contributed by atoms with Gasteiger partial charge in [-0.25, -0.2) is 9.97 Å². The van der Waals surface area contributed by atoms with Gasteiger partial charge in [-0.05, 0) is 38.2 Å². The molecule has 7 nitrogen and oxygen atoms in total. The average molecular weight is 416 g/mol. The first-order valence-electron chi connectivity index (χ1n) is 10.3. The predicted octanol–water partition coefficient (Wildman–Crippen LogP) is 3.57. The number of aryl methyl sites for hydroxylation is 1. The van der Waals surface area contributed by atoms with E-state index in [1.807, 2.05) is 12.3 Å². The van der Waals surface area contributed by atoms with Crippen molar-refractivity contribution in [2.75, 3.05) is 5.32 Å². The van der Waals surface area contributed by atoms with Crippen molar-refractivity contribution in [1.29, 1.82) is 0 Å². The summed E-state index contributed by atoms with van der Waals surface area (Å²) in [6.45, 7) is 2.44. The Morgan fingerprint density at radius 1 is 1.17 bits per heavy atom. The summed E-state index contributed by atoms with van der Waals surface area (Å²) in [6, 6.07) is 1.89. The molecule has 1 aliphatic carbocycles. The molecule has 2 unspecified atom stereocenters. The quantitative estimate of drug-likeness (QED) is 0.798. The van der Waals surface area contributed by atoms with Crippen LogP contribution in [0.15, 0.2) is 18.5 Å². The second-order valence-corrected chi connectivity index (χ2v) is 8.38. The fourth-order valence-electron chi connectivity index (χ4n) is 4.41. The summed E-state index contributed by atoms with van der Waals surface area (Å²) in [6.07, 6.45) is 10.00. The van der Waals surface area contributed by atoms with Gasteiger partial charge in [-0.2, -0.15) is 0 Å². The fraction of sp³-hybridized carbons (Fsp3) is 0.524. The summed E-state index contributed by atoms with van der Waals surface area (Å²) in [4.78, 5) is 33.0. The van der Waals surface area contributed by atoms with Crippen LogP contribution in [-0.2, 0) is 22.6 Å². The van der Waals surface area contributed by atoms with E-state index in [0.717, 1.165) is 62.2 Å². The highest BCUT2D eigenvalue weighted by Gasteiger charge is 2.28. The van der Waals surface area contributed by atoms with Crippen molar-refractivity contribution in [2.45, 2.75) is 64.5 Å². The summed E-state index contributed by atoms with van der Waals surface area (Å²) in [7, 11) is 0. The third-order valence-corrected chi connectivity index (χ3v) is 6.11. The number of carbonyl (C=O) groups is 2. The Morgan fingerprint density at radius 2 is 2.03 bits per heavy atom. The Hall–Kier alpha value is -2.41. The van der Waals surface area contributed by atoms with E-state index >= 15 is 0 Å². The van der Waals surface area contributed by atoms with Crippen LogP contribution in [0.25, 0.3) is 11.3 Å². The maximum atomic E-state index is 12.8. The van der Waals surface area contributed by atoms with E-state index in [0.29, 0.717) is 17.3 Å². The third kappa shape index (κ3) is 4.45. The molecule has 0 saturated heterocycles. The lowest BCUT2D eigenvalue weighted by molar-refractivity contribution is -0.123. The molecular weight excluding hydrogens is 390 g/mol. The van der Waals surface area contributed by atoms with Gasteiger partial charge in [-0.1, -0.05) is 18.0 Å². The molecule has 2 N–H and O–H groups in total. The lowest BCUT2D eigenvalue weighted by Gasteiger charge is -2.28. The second kappa shape index (κ2) is 8.53. The van der Waals surface area contributed by atoms with Gasteiger partial charge in [0.15, 0.2) is 0 Å². The van der Waals surface area contributed by atoms with Gasteiger partial charge in [0.05, 0.1) is 16.9 Å². The number of halogens is 1. The topological polar surface area (TPSA) is 88.9 Å². The van der Waals surface area contributed by atoms with E-state index in [1.165, 1.54) is 6.92 Å². The van der Waals surface area contributed by atoms with Gasteiger partial charge in [-0.3, -0.25) is 9.59 Å². The molecule has 2 atom stereocenters. The molecule has 154 valence electrons. The lowest BCUT2D eigenvalue weighted by atomic mass is 9.85. The third-order valence-electron chi connectivity index (χ3n) is 5.81. The van der Waals surface area contributed by atoms with Crippen molar-refractivity contribution in [3.05, 3.63) is 29.3 Å².